The van der Waals surface area contributed by atoms with Crippen LogP contribution in [0.4, 0.5) is 21.9 Å². The standard InChI is InChI=1S/C14H18N2O4.C13H15ClN2O3.C3H8/c1-15(9-14(18)19-2)11-3-5-12(6-4-11)16-7-8-20-10-13(16)17;1-19-12-6-11(8-17)16(7-12)13(18)15-10-4-2-9(14)3-5-10;1-3-2/h3-6H,7-10H2,1-2H3;2-5,8,11-12H,6-7H2,1H3,(H,15,18);3H2,1-2H3. The van der Waals surface area contributed by atoms with Crippen LogP contribution in [0, 0.1) is 0 Å². The molecule has 2 atom stereocenters. The summed E-state index contributed by atoms with van der Waals surface area (Å²) in [4.78, 5) is 51.0. The van der Waals surface area contributed by atoms with Crippen molar-refractivity contribution in [3.05, 3.63) is 53.6 Å². The number of hydrogen-bond donors (Lipinski definition) is 1. The van der Waals surface area contributed by atoms with Crippen molar-refractivity contribution in [2.24, 2.45) is 0 Å². The number of anilines is 3. The second-order valence-electron chi connectivity index (χ2n) is 9.64. The summed E-state index contributed by atoms with van der Waals surface area (Å²) in [7, 11) is 4.75. The van der Waals surface area contributed by atoms with Crippen molar-refractivity contribution in [3.8, 4) is 0 Å². The maximum absolute atomic E-state index is 12.1. The van der Waals surface area contributed by atoms with Gasteiger partial charge in [0.2, 0.25) is 0 Å². The van der Waals surface area contributed by atoms with Gasteiger partial charge in [-0.25, -0.2) is 4.79 Å². The Balaban J connectivity index is 0.000000269. The predicted molar refractivity (Wildman–Crippen MR) is 163 cm³/mol. The van der Waals surface area contributed by atoms with Gasteiger partial charge in [0.15, 0.2) is 0 Å². The maximum atomic E-state index is 12.1. The first-order valence-corrected chi connectivity index (χ1v) is 14.1. The average molecular weight is 605 g/mol. The molecule has 0 aliphatic carbocycles. The summed E-state index contributed by atoms with van der Waals surface area (Å²) in [5.41, 5.74) is 2.37. The molecule has 1 N–H and O–H groups in total. The Morgan fingerprint density at radius 3 is 2.31 bits per heavy atom. The molecule has 2 heterocycles. The van der Waals surface area contributed by atoms with E-state index in [1.807, 2.05) is 31.3 Å². The number of halogens is 1. The van der Waals surface area contributed by atoms with Crippen LogP contribution < -0.4 is 15.1 Å². The Bertz CT molecular complexity index is 1150. The van der Waals surface area contributed by atoms with Gasteiger partial charge >= 0.3 is 12.0 Å². The van der Waals surface area contributed by atoms with Crippen LogP contribution in [0.15, 0.2) is 48.5 Å². The van der Waals surface area contributed by atoms with Crippen LogP contribution in [0.3, 0.4) is 0 Å². The first-order valence-electron chi connectivity index (χ1n) is 13.7. The molecular weight excluding hydrogens is 564 g/mol. The van der Waals surface area contributed by atoms with Gasteiger partial charge in [-0.15, -0.1) is 0 Å². The van der Waals surface area contributed by atoms with Crippen LogP contribution in [-0.2, 0) is 28.6 Å². The minimum absolute atomic E-state index is 0.0353. The lowest BCUT2D eigenvalue weighted by molar-refractivity contribution is -0.138. The molecule has 2 aromatic rings. The number of hydrogen-bond acceptors (Lipinski definition) is 8. The third-order valence-electron chi connectivity index (χ3n) is 6.33. The molecule has 2 aliphatic rings. The number of morpholine rings is 1. The minimum atomic E-state index is -0.433. The van der Waals surface area contributed by atoms with E-state index >= 15 is 0 Å². The molecule has 2 aliphatic heterocycles. The second kappa shape index (κ2) is 18.0. The fourth-order valence-corrected chi connectivity index (χ4v) is 4.24. The summed E-state index contributed by atoms with van der Waals surface area (Å²) in [5, 5.41) is 3.34. The Labute approximate surface area is 252 Å². The molecule has 4 rings (SSSR count). The zero-order chi connectivity index (χ0) is 31.1. The summed E-state index contributed by atoms with van der Waals surface area (Å²) in [5.74, 6) is -0.327. The van der Waals surface area contributed by atoms with Gasteiger partial charge in [-0.1, -0.05) is 31.9 Å². The fraction of sp³-hybridized carbons (Fsp3) is 0.467. The zero-order valence-corrected chi connectivity index (χ0v) is 25.6. The van der Waals surface area contributed by atoms with Gasteiger partial charge in [0, 0.05) is 55.8 Å². The van der Waals surface area contributed by atoms with Crippen LogP contribution in [0.5, 0.6) is 0 Å². The Kier molecular flexibility index (Phi) is 14.8. The van der Waals surface area contributed by atoms with Crippen molar-refractivity contribution >= 4 is 52.9 Å². The van der Waals surface area contributed by atoms with Gasteiger partial charge in [-0.05, 0) is 48.5 Å². The topological polar surface area (TPSA) is 118 Å². The van der Waals surface area contributed by atoms with Crippen molar-refractivity contribution in [1.29, 1.82) is 0 Å². The minimum Gasteiger partial charge on any atom is -0.468 e. The van der Waals surface area contributed by atoms with Gasteiger partial charge in [0.05, 0.1) is 25.9 Å². The van der Waals surface area contributed by atoms with Gasteiger partial charge in [0.25, 0.3) is 5.91 Å². The number of aldehydes is 1. The summed E-state index contributed by atoms with van der Waals surface area (Å²) >= 11 is 5.77. The number of benzene rings is 2. The number of esters is 1. The molecule has 0 aromatic heterocycles. The number of likely N-dealkylation sites (tertiary alicyclic amines) is 1. The molecule has 2 unspecified atom stereocenters. The van der Waals surface area contributed by atoms with Crippen molar-refractivity contribution in [3.63, 3.8) is 0 Å². The quantitative estimate of drug-likeness (QED) is 0.368. The number of amides is 3. The summed E-state index contributed by atoms with van der Waals surface area (Å²) < 4.78 is 14.9. The van der Waals surface area contributed by atoms with E-state index in [2.05, 4.69) is 23.9 Å². The molecule has 0 radical (unpaired) electrons. The van der Waals surface area contributed by atoms with E-state index in [4.69, 9.17) is 21.1 Å². The van der Waals surface area contributed by atoms with Gasteiger partial charge in [0.1, 0.15) is 19.4 Å². The smallest absolute Gasteiger partial charge is 0.325 e. The monoisotopic (exact) mass is 604 g/mol. The summed E-state index contributed by atoms with van der Waals surface area (Å²) in [6.45, 7) is 6.10. The largest absolute Gasteiger partial charge is 0.468 e. The molecule has 2 saturated heterocycles. The maximum Gasteiger partial charge on any atom is 0.325 e. The van der Waals surface area contributed by atoms with Gasteiger partial charge in [-0.2, -0.15) is 0 Å². The first kappa shape index (κ1) is 34.5. The van der Waals surface area contributed by atoms with Crippen LogP contribution in [0.1, 0.15) is 26.7 Å². The van der Waals surface area contributed by atoms with E-state index in [1.165, 1.54) is 18.4 Å². The van der Waals surface area contributed by atoms with Crippen LogP contribution in [0.2, 0.25) is 5.02 Å². The van der Waals surface area contributed by atoms with Crippen molar-refractivity contribution in [1.82, 2.24) is 4.90 Å². The molecule has 3 amide bonds. The summed E-state index contributed by atoms with van der Waals surface area (Å²) in [6.07, 6.45) is 2.47. The van der Waals surface area contributed by atoms with E-state index in [9.17, 15) is 19.2 Å². The van der Waals surface area contributed by atoms with Crippen LogP contribution in [0.25, 0.3) is 0 Å². The lowest BCUT2D eigenvalue weighted by Crippen LogP contribution is -2.41. The molecule has 2 aromatic carbocycles. The molecule has 230 valence electrons. The highest BCUT2D eigenvalue weighted by atomic mass is 35.5. The molecule has 42 heavy (non-hydrogen) atoms. The molecule has 0 saturated carbocycles. The van der Waals surface area contributed by atoms with E-state index in [0.29, 0.717) is 36.8 Å². The highest BCUT2D eigenvalue weighted by Crippen LogP contribution is 2.22. The molecule has 0 bridgehead atoms. The molecule has 11 nitrogen and oxygen atoms in total. The van der Waals surface area contributed by atoms with E-state index in [0.717, 1.165) is 17.7 Å². The number of carbonyl (C=O) groups excluding carboxylic acids is 4. The van der Waals surface area contributed by atoms with Crippen molar-refractivity contribution in [2.75, 3.05) is 69.2 Å². The first-order chi connectivity index (χ1) is 20.2. The molecule has 0 spiro atoms. The molecule has 12 heteroatoms. The lowest BCUT2D eigenvalue weighted by Gasteiger charge is -2.27. The average Bonchev–Trinajstić information content (AvgIpc) is 3.43. The SMILES string of the molecule is CCC.COC(=O)CN(C)c1ccc(N2CCOCC2=O)cc1.COC1CC(C=O)N(C(=O)Nc2ccc(Cl)cc2)C1. The number of nitrogens with one attached hydrogen (secondary N) is 1. The van der Waals surface area contributed by atoms with Crippen LogP contribution >= 0.6 is 11.6 Å². The number of ether oxygens (including phenoxy) is 3. The van der Waals surface area contributed by atoms with Crippen molar-refractivity contribution < 1.29 is 33.4 Å². The Hall–Kier alpha value is -3.67. The summed E-state index contributed by atoms with van der Waals surface area (Å²) in [6, 6.07) is 13.5. The number of urea groups is 1. The number of carbonyl (C=O) groups is 4. The highest BCUT2D eigenvalue weighted by molar-refractivity contribution is 6.30. The van der Waals surface area contributed by atoms with Crippen LogP contribution in [-0.4, -0.2) is 95.4 Å². The second-order valence-corrected chi connectivity index (χ2v) is 10.1. The molecule has 2 fully saturated rings. The number of nitrogens with zero attached hydrogens (tertiary/aromatic N) is 3. The van der Waals surface area contributed by atoms with E-state index < -0.39 is 6.04 Å². The lowest BCUT2D eigenvalue weighted by atomic mass is 10.2. The van der Waals surface area contributed by atoms with E-state index in [1.54, 1.807) is 41.2 Å². The third kappa shape index (κ3) is 10.6. The zero-order valence-electron chi connectivity index (χ0n) is 24.9. The predicted octanol–water partition coefficient (Wildman–Crippen LogP) is 4.24. The Morgan fingerprint density at radius 1 is 1.12 bits per heavy atom. The van der Waals surface area contributed by atoms with E-state index in [-0.39, 0.29) is 37.2 Å². The normalized spacial score (nSPS) is 17.7. The highest BCUT2D eigenvalue weighted by Gasteiger charge is 2.35. The fourth-order valence-electron chi connectivity index (χ4n) is 4.12. The van der Waals surface area contributed by atoms with Crippen molar-refractivity contribution in [2.45, 2.75) is 38.8 Å². The number of rotatable bonds is 7. The number of methoxy groups -OCH3 is 2. The third-order valence-corrected chi connectivity index (χ3v) is 6.59. The van der Waals surface area contributed by atoms with Gasteiger partial charge in [-0.3, -0.25) is 9.59 Å². The Morgan fingerprint density at radius 2 is 1.76 bits per heavy atom. The number of likely N-dealkylation sites (N-methyl/N-ethyl adjacent to an activating group) is 1. The van der Waals surface area contributed by atoms with Gasteiger partial charge < -0.3 is 39.0 Å². The molecular formula is C30H41ClN4O7.